The molecule has 0 radical (unpaired) electrons. The van der Waals surface area contributed by atoms with Crippen LogP contribution >= 0.6 is 23.2 Å². The van der Waals surface area contributed by atoms with Gasteiger partial charge in [0.15, 0.2) is 0 Å². The average molecular weight is 573 g/mol. The van der Waals surface area contributed by atoms with Crippen LogP contribution in [0.25, 0.3) is 27.7 Å². The number of rotatable bonds is 3. The van der Waals surface area contributed by atoms with E-state index in [0.717, 1.165) is 37.6 Å². The Balaban J connectivity index is 1.76. The number of hydrogen-bond donors (Lipinski definition) is 0. The summed E-state index contributed by atoms with van der Waals surface area (Å²) in [5.74, 6) is 0.183. The smallest absolute Gasteiger partial charge is 0.298 e. The van der Waals surface area contributed by atoms with E-state index in [0.29, 0.717) is 37.8 Å². The second-order valence-electron chi connectivity index (χ2n) is 11.1. The van der Waals surface area contributed by atoms with E-state index in [1.807, 2.05) is 12.1 Å². The minimum absolute atomic E-state index is 0.0544. The van der Waals surface area contributed by atoms with Crippen molar-refractivity contribution in [3.63, 3.8) is 0 Å². The van der Waals surface area contributed by atoms with Gasteiger partial charge < -0.3 is 0 Å². The number of alkyl halides is 3. The molecule has 1 saturated heterocycles. The molecular formula is C31H29Cl2F3N2O. The number of pyridine rings is 1. The summed E-state index contributed by atoms with van der Waals surface area (Å²) in [4.78, 5) is 15.7. The van der Waals surface area contributed by atoms with Crippen molar-refractivity contribution in [3.8, 4) is 16.8 Å². The lowest BCUT2D eigenvalue weighted by atomic mass is 9.85. The summed E-state index contributed by atoms with van der Waals surface area (Å²) in [6.07, 6.45) is -2.68. The van der Waals surface area contributed by atoms with Gasteiger partial charge >= 0.3 is 6.18 Å². The van der Waals surface area contributed by atoms with Crippen molar-refractivity contribution in [2.75, 3.05) is 13.1 Å². The van der Waals surface area contributed by atoms with Gasteiger partial charge in [-0.15, -0.1) is 0 Å². The monoisotopic (exact) mass is 572 g/mol. The topological polar surface area (TPSA) is 25.2 Å². The van der Waals surface area contributed by atoms with E-state index in [-0.39, 0.29) is 17.0 Å². The van der Waals surface area contributed by atoms with Crippen LogP contribution in [0.2, 0.25) is 10.0 Å². The van der Waals surface area contributed by atoms with Crippen molar-refractivity contribution in [2.24, 2.45) is 0 Å². The van der Waals surface area contributed by atoms with Crippen LogP contribution in [0.5, 0.6) is 0 Å². The third-order valence-corrected chi connectivity index (χ3v) is 8.22. The van der Waals surface area contributed by atoms with Gasteiger partial charge in [-0.1, -0.05) is 47.5 Å². The molecule has 0 amide bonds. The van der Waals surface area contributed by atoms with Crippen LogP contribution in [0.15, 0.2) is 71.5 Å². The minimum Gasteiger partial charge on any atom is -0.298 e. The quantitative estimate of drug-likeness (QED) is 0.245. The van der Waals surface area contributed by atoms with Crippen LogP contribution in [-0.2, 0) is 6.18 Å². The molecule has 3 nitrogen and oxygen atoms in total. The van der Waals surface area contributed by atoms with Crippen LogP contribution < -0.4 is 5.56 Å². The number of nitrogens with zero attached hydrogens (tertiary/aromatic N) is 2. The Labute approximate surface area is 235 Å². The van der Waals surface area contributed by atoms with Gasteiger partial charge in [-0.3, -0.25) is 14.3 Å². The predicted molar refractivity (Wildman–Crippen MR) is 153 cm³/mol. The minimum atomic E-state index is -4.48. The van der Waals surface area contributed by atoms with Crippen molar-refractivity contribution in [3.05, 3.63) is 98.3 Å². The van der Waals surface area contributed by atoms with Crippen LogP contribution in [-0.4, -0.2) is 28.1 Å². The Morgan fingerprint density at radius 3 is 2.10 bits per heavy atom. The highest BCUT2D eigenvalue weighted by Gasteiger charge is 2.31. The van der Waals surface area contributed by atoms with Gasteiger partial charge in [0, 0.05) is 17.0 Å². The third-order valence-electron chi connectivity index (χ3n) is 7.61. The molecule has 0 atom stereocenters. The van der Waals surface area contributed by atoms with Crippen molar-refractivity contribution < 1.29 is 13.2 Å². The SMILES string of the molecule is CC(C)(C)N1CCC(c2cc(-c3cccc(C(F)(F)F)c3)c3ccc(=O)n(-c4c(Cl)cccc4Cl)c3c2)CC1. The van der Waals surface area contributed by atoms with Crippen LogP contribution in [0, 0.1) is 0 Å². The zero-order valence-electron chi connectivity index (χ0n) is 21.9. The molecule has 0 N–H and O–H groups in total. The van der Waals surface area contributed by atoms with Gasteiger partial charge in [0.1, 0.15) is 0 Å². The number of halogens is 5. The fraction of sp³-hybridized carbons (Fsp3) is 0.323. The summed E-state index contributed by atoms with van der Waals surface area (Å²) >= 11 is 13.1. The first kappa shape index (κ1) is 27.8. The highest BCUT2D eigenvalue weighted by Crippen LogP contribution is 2.40. The zero-order chi connectivity index (χ0) is 28.1. The van der Waals surface area contributed by atoms with Crippen molar-refractivity contribution >= 4 is 34.1 Å². The zero-order valence-corrected chi connectivity index (χ0v) is 23.5. The van der Waals surface area contributed by atoms with E-state index in [4.69, 9.17) is 23.2 Å². The molecular weight excluding hydrogens is 544 g/mol. The molecule has 1 aromatic heterocycles. The van der Waals surface area contributed by atoms with Crippen LogP contribution in [0.3, 0.4) is 0 Å². The summed E-state index contributed by atoms with van der Waals surface area (Å²) in [5, 5.41) is 1.25. The van der Waals surface area contributed by atoms with E-state index in [1.54, 1.807) is 30.3 Å². The van der Waals surface area contributed by atoms with E-state index in [2.05, 4.69) is 25.7 Å². The summed E-state index contributed by atoms with van der Waals surface area (Å²) < 4.78 is 42.4. The molecule has 204 valence electrons. The molecule has 1 aliphatic heterocycles. The molecule has 39 heavy (non-hydrogen) atoms. The summed E-state index contributed by atoms with van der Waals surface area (Å²) in [5.41, 5.74) is 1.95. The average Bonchev–Trinajstić information content (AvgIpc) is 2.88. The lowest BCUT2D eigenvalue weighted by molar-refractivity contribution is -0.137. The number of fused-ring (bicyclic) bond motifs is 1. The maximum Gasteiger partial charge on any atom is 0.416 e. The van der Waals surface area contributed by atoms with E-state index >= 15 is 0 Å². The van der Waals surface area contributed by atoms with Gasteiger partial charge in [0.05, 0.1) is 26.8 Å². The van der Waals surface area contributed by atoms with Crippen molar-refractivity contribution in [2.45, 2.75) is 51.2 Å². The molecule has 3 aromatic carbocycles. The molecule has 8 heteroatoms. The first-order valence-corrected chi connectivity index (χ1v) is 13.7. The van der Waals surface area contributed by atoms with E-state index < -0.39 is 11.7 Å². The molecule has 4 aromatic rings. The largest absolute Gasteiger partial charge is 0.416 e. The molecule has 0 saturated carbocycles. The summed E-state index contributed by atoms with van der Waals surface area (Å²) in [6.45, 7) is 8.40. The maximum absolute atomic E-state index is 13.6. The number of aromatic nitrogens is 1. The molecule has 1 aliphatic rings. The lowest BCUT2D eigenvalue weighted by Gasteiger charge is -2.41. The fourth-order valence-corrected chi connectivity index (χ4v) is 6.09. The Kier molecular flexibility index (Phi) is 7.34. The third kappa shape index (κ3) is 5.47. The van der Waals surface area contributed by atoms with Crippen molar-refractivity contribution in [1.82, 2.24) is 9.47 Å². The normalized spacial score (nSPS) is 15.7. The second kappa shape index (κ2) is 10.3. The fourth-order valence-electron chi connectivity index (χ4n) is 5.52. The predicted octanol–water partition coefficient (Wildman–Crippen LogP) is 8.96. The molecule has 5 rings (SSSR count). The number of likely N-dealkylation sites (tertiary alicyclic amines) is 1. The first-order valence-electron chi connectivity index (χ1n) is 12.9. The van der Waals surface area contributed by atoms with Gasteiger partial charge in [-0.05, 0) is 106 Å². The molecule has 1 fully saturated rings. The molecule has 2 heterocycles. The standard InChI is InChI=1S/C31H29Cl2F3N2O/c1-30(2,3)37-14-12-19(13-15-37)21-17-24(20-6-4-7-22(16-20)31(34,35)36)23-10-11-28(39)38(27(23)18-21)29-25(32)8-5-9-26(29)33/h4-11,16-19H,12-15H2,1-3H3. The van der Waals surface area contributed by atoms with E-state index in [9.17, 15) is 18.0 Å². The highest BCUT2D eigenvalue weighted by atomic mass is 35.5. The van der Waals surface area contributed by atoms with Crippen molar-refractivity contribution in [1.29, 1.82) is 0 Å². The number of benzene rings is 3. The highest BCUT2D eigenvalue weighted by molar-refractivity contribution is 6.37. The van der Waals surface area contributed by atoms with E-state index in [1.165, 1.54) is 22.8 Å². The van der Waals surface area contributed by atoms with Gasteiger partial charge in [-0.2, -0.15) is 13.2 Å². The van der Waals surface area contributed by atoms with Gasteiger partial charge in [0.2, 0.25) is 0 Å². The Morgan fingerprint density at radius 2 is 1.49 bits per heavy atom. The van der Waals surface area contributed by atoms with Crippen LogP contribution in [0.4, 0.5) is 13.2 Å². The Bertz CT molecular complexity index is 1580. The Hall–Kier alpha value is -2.80. The second-order valence-corrected chi connectivity index (χ2v) is 11.9. The Morgan fingerprint density at radius 1 is 0.846 bits per heavy atom. The van der Waals surface area contributed by atoms with Gasteiger partial charge in [0.25, 0.3) is 5.56 Å². The molecule has 0 spiro atoms. The van der Waals surface area contributed by atoms with Crippen LogP contribution in [0.1, 0.15) is 50.7 Å². The lowest BCUT2D eigenvalue weighted by Crippen LogP contribution is -2.45. The first-order chi connectivity index (χ1) is 18.3. The number of para-hydroxylation sites is 1. The molecule has 0 aliphatic carbocycles. The summed E-state index contributed by atoms with van der Waals surface area (Å²) in [7, 11) is 0. The number of piperidine rings is 1. The molecule has 0 bridgehead atoms. The number of hydrogen-bond acceptors (Lipinski definition) is 2. The maximum atomic E-state index is 13.6. The summed E-state index contributed by atoms with van der Waals surface area (Å²) in [6, 6.07) is 17.4. The molecule has 0 unspecified atom stereocenters. The van der Waals surface area contributed by atoms with Gasteiger partial charge in [-0.25, -0.2) is 0 Å².